The second-order valence-corrected chi connectivity index (χ2v) is 7.67. The van der Waals surface area contributed by atoms with Gasteiger partial charge in [-0.25, -0.2) is 13.4 Å². The fourth-order valence-electron chi connectivity index (χ4n) is 1.91. The number of aromatic nitrogens is 1. The minimum absolute atomic E-state index is 0.00272. The molecule has 0 spiro atoms. The summed E-state index contributed by atoms with van der Waals surface area (Å²) in [7, 11) is -3.47. The fourth-order valence-corrected chi connectivity index (χ4v) is 3.76. The van der Waals surface area contributed by atoms with E-state index in [1.807, 2.05) is 37.3 Å². The van der Waals surface area contributed by atoms with Crippen molar-refractivity contribution in [1.29, 1.82) is 0 Å². The van der Waals surface area contributed by atoms with Crippen molar-refractivity contribution < 1.29 is 8.42 Å². The third-order valence-corrected chi connectivity index (χ3v) is 5.53. The number of pyridine rings is 1. The first kappa shape index (κ1) is 16.3. The molecule has 0 radical (unpaired) electrons. The molecule has 1 N–H and O–H groups in total. The van der Waals surface area contributed by atoms with Crippen LogP contribution in [-0.4, -0.2) is 19.2 Å². The quantitative estimate of drug-likeness (QED) is 0.785. The summed E-state index contributed by atoms with van der Waals surface area (Å²) in [5.74, 6) is -0.107. The van der Waals surface area contributed by atoms with E-state index in [2.05, 4.69) is 25.6 Å². The number of anilines is 1. The Kier molecular flexibility index (Phi) is 5.24. The zero-order valence-corrected chi connectivity index (χ0v) is 14.4. The van der Waals surface area contributed by atoms with E-state index in [4.69, 9.17) is 11.6 Å². The Balaban J connectivity index is 2.10. The lowest BCUT2D eigenvalue weighted by molar-refractivity contribution is 0.595. The lowest BCUT2D eigenvalue weighted by Crippen LogP contribution is -2.20. The molecule has 0 saturated carbocycles. The first-order valence-corrected chi connectivity index (χ1v) is 9.06. The number of halogens is 2. The summed E-state index contributed by atoms with van der Waals surface area (Å²) in [6.45, 7) is 1.88. The zero-order valence-electron chi connectivity index (χ0n) is 11.3. The zero-order chi connectivity index (χ0) is 15.5. The second kappa shape index (κ2) is 6.77. The molecule has 0 bridgehead atoms. The lowest BCUT2D eigenvalue weighted by atomic mass is 10.0. The van der Waals surface area contributed by atoms with Crippen LogP contribution in [0.15, 0.2) is 47.1 Å². The summed E-state index contributed by atoms with van der Waals surface area (Å²) in [6.07, 6.45) is 1.39. The minimum atomic E-state index is -3.47. The Morgan fingerprint density at radius 1 is 1.33 bits per heavy atom. The van der Waals surface area contributed by atoms with E-state index < -0.39 is 10.0 Å². The SMILES string of the molecule is CC(CS(=O)(=O)Nc1cnc(Cl)c(Br)c1)c1ccccc1. The molecule has 1 aromatic carbocycles. The first-order valence-electron chi connectivity index (χ1n) is 6.24. The van der Waals surface area contributed by atoms with Crippen molar-refractivity contribution in [2.75, 3.05) is 10.5 Å². The molecule has 0 saturated heterocycles. The van der Waals surface area contributed by atoms with Gasteiger partial charge in [0, 0.05) is 0 Å². The number of benzene rings is 1. The van der Waals surface area contributed by atoms with E-state index >= 15 is 0 Å². The van der Waals surface area contributed by atoms with Crippen molar-refractivity contribution >= 4 is 43.2 Å². The van der Waals surface area contributed by atoms with Crippen molar-refractivity contribution in [1.82, 2.24) is 4.98 Å². The molecule has 1 unspecified atom stereocenters. The molecule has 1 atom stereocenters. The molecule has 7 heteroatoms. The van der Waals surface area contributed by atoms with Gasteiger partial charge < -0.3 is 0 Å². The third kappa shape index (κ3) is 4.69. The maximum Gasteiger partial charge on any atom is 0.233 e. The second-order valence-electron chi connectivity index (χ2n) is 4.69. The van der Waals surface area contributed by atoms with Gasteiger partial charge in [-0.1, -0.05) is 48.9 Å². The Bertz CT molecular complexity index is 723. The van der Waals surface area contributed by atoms with Crippen molar-refractivity contribution in [3.63, 3.8) is 0 Å². The number of nitrogens with one attached hydrogen (secondary N) is 1. The highest BCUT2D eigenvalue weighted by molar-refractivity contribution is 9.10. The van der Waals surface area contributed by atoms with Crippen molar-refractivity contribution in [3.05, 3.63) is 57.8 Å². The number of hydrogen-bond acceptors (Lipinski definition) is 3. The summed E-state index contributed by atoms with van der Waals surface area (Å²) in [6, 6.07) is 11.1. The molecule has 112 valence electrons. The summed E-state index contributed by atoms with van der Waals surface area (Å²) in [5, 5.41) is 0.288. The molecule has 2 aromatic rings. The fraction of sp³-hybridized carbons (Fsp3) is 0.214. The number of hydrogen-bond donors (Lipinski definition) is 1. The van der Waals surface area contributed by atoms with Gasteiger partial charge in [-0.2, -0.15) is 0 Å². The van der Waals surface area contributed by atoms with Gasteiger partial charge in [-0.15, -0.1) is 0 Å². The largest absolute Gasteiger partial charge is 0.282 e. The van der Waals surface area contributed by atoms with Crippen LogP contribution in [0.2, 0.25) is 5.15 Å². The third-order valence-electron chi connectivity index (χ3n) is 2.91. The van der Waals surface area contributed by atoms with E-state index in [0.717, 1.165) is 5.56 Å². The van der Waals surface area contributed by atoms with E-state index in [9.17, 15) is 8.42 Å². The molecule has 0 amide bonds. The summed E-state index contributed by atoms with van der Waals surface area (Å²) in [4.78, 5) is 3.89. The van der Waals surface area contributed by atoms with Gasteiger partial charge in [0.25, 0.3) is 0 Å². The minimum Gasteiger partial charge on any atom is -0.282 e. The topological polar surface area (TPSA) is 59.1 Å². The van der Waals surface area contributed by atoms with Crippen molar-refractivity contribution in [2.45, 2.75) is 12.8 Å². The molecule has 2 rings (SSSR count). The smallest absolute Gasteiger partial charge is 0.233 e. The Morgan fingerprint density at radius 2 is 2.00 bits per heavy atom. The van der Waals surface area contributed by atoms with Gasteiger partial charge in [-0.05, 0) is 33.5 Å². The van der Waals surface area contributed by atoms with Gasteiger partial charge in [0.2, 0.25) is 10.0 Å². The standard InChI is InChI=1S/C14H14BrClN2O2S/c1-10(11-5-3-2-4-6-11)9-21(19,20)18-12-7-13(15)14(16)17-8-12/h2-8,10,18H,9H2,1H3. The van der Waals surface area contributed by atoms with Crippen LogP contribution >= 0.6 is 27.5 Å². The van der Waals surface area contributed by atoms with Crippen LogP contribution in [0, 0.1) is 0 Å². The molecule has 1 aromatic heterocycles. The molecular weight excluding hydrogens is 376 g/mol. The Hall–Kier alpha value is -1.11. The highest BCUT2D eigenvalue weighted by Crippen LogP contribution is 2.24. The molecule has 4 nitrogen and oxygen atoms in total. The Labute approximate surface area is 137 Å². The summed E-state index contributed by atoms with van der Waals surface area (Å²) < 4.78 is 27.4. The van der Waals surface area contributed by atoms with Gasteiger partial charge >= 0.3 is 0 Å². The molecule has 1 heterocycles. The monoisotopic (exact) mass is 388 g/mol. The highest BCUT2D eigenvalue weighted by Gasteiger charge is 2.17. The molecule has 0 aliphatic heterocycles. The predicted molar refractivity (Wildman–Crippen MR) is 89.2 cm³/mol. The Morgan fingerprint density at radius 3 is 2.62 bits per heavy atom. The van der Waals surface area contributed by atoms with Crippen LogP contribution in [0.4, 0.5) is 5.69 Å². The van der Waals surface area contributed by atoms with Gasteiger partial charge in [0.15, 0.2) is 0 Å². The molecule has 0 aliphatic rings. The van der Waals surface area contributed by atoms with Gasteiger partial charge in [0.1, 0.15) is 5.15 Å². The van der Waals surface area contributed by atoms with Crippen LogP contribution < -0.4 is 4.72 Å². The molecule has 0 aliphatic carbocycles. The average molecular weight is 390 g/mol. The summed E-state index contributed by atoms with van der Waals surface area (Å²) in [5.41, 5.74) is 1.37. The first-order chi connectivity index (χ1) is 9.87. The van der Waals surface area contributed by atoms with Gasteiger partial charge in [0.05, 0.1) is 22.1 Å². The van der Waals surface area contributed by atoms with E-state index in [1.165, 1.54) is 6.20 Å². The maximum atomic E-state index is 12.2. The molecule has 0 fully saturated rings. The normalized spacial score (nSPS) is 12.9. The van der Waals surface area contributed by atoms with Crippen LogP contribution in [0.25, 0.3) is 0 Å². The van der Waals surface area contributed by atoms with Crippen LogP contribution in [0.1, 0.15) is 18.4 Å². The van der Waals surface area contributed by atoms with E-state index in [1.54, 1.807) is 6.07 Å². The molecule has 21 heavy (non-hydrogen) atoms. The van der Waals surface area contributed by atoms with Crippen LogP contribution in [-0.2, 0) is 10.0 Å². The number of rotatable bonds is 5. The average Bonchev–Trinajstić information content (AvgIpc) is 2.43. The van der Waals surface area contributed by atoms with E-state index in [0.29, 0.717) is 10.2 Å². The summed E-state index contributed by atoms with van der Waals surface area (Å²) >= 11 is 8.99. The highest BCUT2D eigenvalue weighted by atomic mass is 79.9. The van der Waals surface area contributed by atoms with Crippen molar-refractivity contribution in [2.24, 2.45) is 0 Å². The van der Waals surface area contributed by atoms with Crippen LogP contribution in [0.3, 0.4) is 0 Å². The van der Waals surface area contributed by atoms with Gasteiger partial charge in [-0.3, -0.25) is 4.72 Å². The van der Waals surface area contributed by atoms with E-state index in [-0.39, 0.29) is 16.8 Å². The number of sulfonamides is 1. The number of nitrogens with zero attached hydrogens (tertiary/aromatic N) is 1. The lowest BCUT2D eigenvalue weighted by Gasteiger charge is -2.14. The van der Waals surface area contributed by atoms with Crippen molar-refractivity contribution in [3.8, 4) is 0 Å². The maximum absolute atomic E-state index is 12.2. The predicted octanol–water partition coefficient (Wildman–Crippen LogP) is 4.04. The van der Waals surface area contributed by atoms with Crippen LogP contribution in [0.5, 0.6) is 0 Å². The molecular formula is C14H14BrClN2O2S.